The van der Waals surface area contributed by atoms with E-state index in [1.54, 1.807) is 6.92 Å². The first kappa shape index (κ1) is 20.8. The Morgan fingerprint density at radius 1 is 1.27 bits per heavy atom. The molecular formula is C22H26N2O5S. The van der Waals surface area contributed by atoms with Crippen molar-refractivity contribution in [1.29, 1.82) is 0 Å². The number of nitrogens with one attached hydrogen (secondary N) is 1. The number of cyclic esters (lactones) is 2. The van der Waals surface area contributed by atoms with Crippen LogP contribution in [0.15, 0.2) is 35.7 Å². The molecule has 3 atom stereocenters. The molecule has 1 spiro atoms. The predicted molar refractivity (Wildman–Crippen MR) is 112 cm³/mol. The number of carbonyl (C=O) groups excluding carboxylic acids is 2. The second-order valence-corrected chi connectivity index (χ2v) is 9.43. The molecule has 8 heteroatoms. The molecule has 3 heterocycles. The third-order valence-corrected chi connectivity index (χ3v) is 6.17. The number of rotatable bonds is 7. The van der Waals surface area contributed by atoms with Crippen LogP contribution in [0.5, 0.6) is 0 Å². The fourth-order valence-corrected chi connectivity index (χ4v) is 4.82. The summed E-state index contributed by atoms with van der Waals surface area (Å²) in [4.78, 5) is 30.1. The van der Waals surface area contributed by atoms with Crippen LogP contribution >= 0.6 is 11.3 Å². The predicted octanol–water partition coefficient (Wildman–Crippen LogP) is 4.02. The van der Waals surface area contributed by atoms with E-state index in [0.717, 1.165) is 5.69 Å². The van der Waals surface area contributed by atoms with Gasteiger partial charge in [-0.05, 0) is 25.0 Å². The van der Waals surface area contributed by atoms with E-state index in [1.165, 1.54) is 11.3 Å². The van der Waals surface area contributed by atoms with Gasteiger partial charge in [0.2, 0.25) is 0 Å². The largest absolute Gasteiger partial charge is 0.459 e. The minimum atomic E-state index is -1.28. The third kappa shape index (κ3) is 3.94. The highest BCUT2D eigenvalue weighted by molar-refractivity contribution is 7.13. The maximum absolute atomic E-state index is 12.8. The molecule has 2 saturated heterocycles. The van der Waals surface area contributed by atoms with Crippen molar-refractivity contribution in [3.63, 3.8) is 0 Å². The van der Waals surface area contributed by atoms with Crippen molar-refractivity contribution >= 4 is 34.1 Å². The first-order valence-corrected chi connectivity index (χ1v) is 11.0. The third-order valence-electron chi connectivity index (χ3n) is 5.41. The standard InChI is InChI=1S/C22H26N2O5S/c1-14(2)10-27-11-16-9-22(18(25)28-16)13-21(3,29-19(22)26)17-12-30-20(24-17)23-15-7-5-4-6-8-15/h4-8,12,14,16H,9-11,13H2,1-3H3,(H,23,24)/t16?,21?,22-/m0/s1. The number of hydrogen-bond donors (Lipinski definition) is 1. The van der Waals surface area contributed by atoms with E-state index in [9.17, 15) is 9.59 Å². The van der Waals surface area contributed by atoms with E-state index in [4.69, 9.17) is 14.2 Å². The summed E-state index contributed by atoms with van der Waals surface area (Å²) in [7, 11) is 0. The molecule has 7 nitrogen and oxygen atoms in total. The molecule has 0 bridgehead atoms. The SMILES string of the molecule is CC(C)COCC1C[C@]2(CC(C)(c3csc(Nc4ccccc4)n3)OC2=O)C(=O)O1. The van der Waals surface area contributed by atoms with Crippen molar-refractivity contribution < 1.29 is 23.8 Å². The van der Waals surface area contributed by atoms with Crippen molar-refractivity contribution in [1.82, 2.24) is 4.98 Å². The van der Waals surface area contributed by atoms with Crippen molar-refractivity contribution in [2.24, 2.45) is 11.3 Å². The molecule has 2 aliphatic heterocycles. The van der Waals surface area contributed by atoms with Gasteiger partial charge in [0, 0.05) is 30.5 Å². The van der Waals surface area contributed by atoms with E-state index in [0.29, 0.717) is 23.4 Å². The van der Waals surface area contributed by atoms with Crippen LogP contribution in [-0.4, -0.2) is 36.2 Å². The van der Waals surface area contributed by atoms with Crippen LogP contribution in [0.4, 0.5) is 10.8 Å². The van der Waals surface area contributed by atoms with Gasteiger partial charge in [-0.2, -0.15) is 0 Å². The fraction of sp³-hybridized carbons (Fsp3) is 0.500. The Labute approximate surface area is 179 Å². The van der Waals surface area contributed by atoms with Crippen molar-refractivity contribution in [3.8, 4) is 0 Å². The lowest BCUT2D eigenvalue weighted by Crippen LogP contribution is -2.32. The van der Waals surface area contributed by atoms with Crippen LogP contribution in [0.2, 0.25) is 0 Å². The highest BCUT2D eigenvalue weighted by atomic mass is 32.1. The van der Waals surface area contributed by atoms with E-state index in [1.807, 2.05) is 35.7 Å². The molecule has 30 heavy (non-hydrogen) atoms. The monoisotopic (exact) mass is 430 g/mol. The van der Waals surface area contributed by atoms with Gasteiger partial charge in [-0.1, -0.05) is 32.0 Å². The van der Waals surface area contributed by atoms with E-state index >= 15 is 0 Å². The van der Waals surface area contributed by atoms with Crippen LogP contribution in [-0.2, 0) is 29.4 Å². The molecule has 2 fully saturated rings. The fourth-order valence-electron chi connectivity index (χ4n) is 3.97. The van der Waals surface area contributed by atoms with E-state index in [2.05, 4.69) is 24.1 Å². The van der Waals surface area contributed by atoms with Gasteiger partial charge in [0.05, 0.1) is 12.3 Å². The number of benzene rings is 1. The van der Waals surface area contributed by atoms with Gasteiger partial charge in [0.1, 0.15) is 6.10 Å². The molecule has 1 aromatic heterocycles. The lowest BCUT2D eigenvalue weighted by atomic mass is 9.78. The number of aromatic nitrogens is 1. The van der Waals surface area contributed by atoms with Crippen LogP contribution in [0, 0.1) is 11.3 Å². The summed E-state index contributed by atoms with van der Waals surface area (Å²) >= 11 is 1.43. The minimum absolute atomic E-state index is 0.215. The lowest BCUT2D eigenvalue weighted by Gasteiger charge is -2.20. The summed E-state index contributed by atoms with van der Waals surface area (Å²) in [5, 5.41) is 5.80. The Balaban J connectivity index is 1.46. The van der Waals surface area contributed by atoms with Gasteiger partial charge >= 0.3 is 11.9 Å². The molecule has 2 aromatic rings. The highest BCUT2D eigenvalue weighted by Crippen LogP contribution is 2.52. The number of hydrogen-bond acceptors (Lipinski definition) is 8. The Morgan fingerprint density at radius 2 is 2.03 bits per heavy atom. The Kier molecular flexibility index (Phi) is 5.55. The zero-order valence-electron chi connectivity index (χ0n) is 17.3. The topological polar surface area (TPSA) is 86.8 Å². The zero-order chi connectivity index (χ0) is 21.4. The molecule has 160 valence electrons. The minimum Gasteiger partial charge on any atom is -0.459 e. The normalized spacial score (nSPS) is 28.2. The molecule has 0 aliphatic carbocycles. The average Bonchev–Trinajstić information content (AvgIpc) is 3.35. The number of thiazole rings is 1. The smallest absolute Gasteiger partial charge is 0.324 e. The molecular weight excluding hydrogens is 404 g/mol. The van der Waals surface area contributed by atoms with Gasteiger partial charge in [0.25, 0.3) is 0 Å². The summed E-state index contributed by atoms with van der Waals surface area (Å²) in [6, 6.07) is 9.72. The van der Waals surface area contributed by atoms with E-state index < -0.39 is 29.1 Å². The number of nitrogens with zero attached hydrogens (tertiary/aromatic N) is 1. The van der Waals surface area contributed by atoms with Gasteiger partial charge in [0.15, 0.2) is 16.1 Å². The number of anilines is 2. The van der Waals surface area contributed by atoms with Gasteiger partial charge in [-0.3, -0.25) is 9.59 Å². The molecule has 4 rings (SSSR count). The average molecular weight is 431 g/mol. The maximum atomic E-state index is 12.8. The number of para-hydroxylation sites is 1. The first-order chi connectivity index (χ1) is 14.3. The van der Waals surface area contributed by atoms with E-state index in [-0.39, 0.29) is 19.4 Å². The Bertz CT molecular complexity index is 931. The highest BCUT2D eigenvalue weighted by Gasteiger charge is 2.65. The summed E-state index contributed by atoms with van der Waals surface area (Å²) in [6.07, 6.45) is 0.0571. The summed E-state index contributed by atoms with van der Waals surface area (Å²) in [5.41, 5.74) is -0.704. The van der Waals surface area contributed by atoms with Crippen LogP contribution in [0.3, 0.4) is 0 Å². The van der Waals surface area contributed by atoms with Crippen molar-refractivity contribution in [3.05, 3.63) is 41.4 Å². The molecule has 1 aromatic carbocycles. The summed E-state index contributed by atoms with van der Waals surface area (Å²) in [5.74, 6) is -0.668. The summed E-state index contributed by atoms with van der Waals surface area (Å²) in [6.45, 7) is 6.78. The van der Waals surface area contributed by atoms with Crippen LogP contribution in [0.1, 0.15) is 39.3 Å². The zero-order valence-corrected chi connectivity index (χ0v) is 18.2. The van der Waals surface area contributed by atoms with Crippen molar-refractivity contribution in [2.75, 3.05) is 18.5 Å². The Hall–Kier alpha value is -2.45. The molecule has 2 aliphatic rings. The quantitative estimate of drug-likeness (QED) is 0.524. The lowest BCUT2D eigenvalue weighted by molar-refractivity contribution is -0.160. The first-order valence-electron chi connectivity index (χ1n) is 10.1. The summed E-state index contributed by atoms with van der Waals surface area (Å²) < 4.78 is 16.8. The molecule has 0 radical (unpaired) electrons. The van der Waals surface area contributed by atoms with Crippen LogP contribution < -0.4 is 5.32 Å². The molecule has 0 amide bonds. The second-order valence-electron chi connectivity index (χ2n) is 8.57. The number of carbonyl (C=O) groups is 2. The second kappa shape index (κ2) is 8.00. The van der Waals surface area contributed by atoms with Crippen LogP contribution in [0.25, 0.3) is 0 Å². The maximum Gasteiger partial charge on any atom is 0.324 e. The number of esters is 2. The van der Waals surface area contributed by atoms with Gasteiger partial charge in [-0.25, -0.2) is 4.98 Å². The Morgan fingerprint density at radius 3 is 2.77 bits per heavy atom. The number of ether oxygens (including phenoxy) is 3. The molecule has 2 unspecified atom stereocenters. The molecule has 1 N–H and O–H groups in total. The molecule has 0 saturated carbocycles. The van der Waals surface area contributed by atoms with Crippen molar-refractivity contribution in [2.45, 2.75) is 45.3 Å². The van der Waals surface area contributed by atoms with Gasteiger partial charge < -0.3 is 19.5 Å². The van der Waals surface area contributed by atoms with Gasteiger partial charge in [-0.15, -0.1) is 11.3 Å².